The van der Waals surface area contributed by atoms with E-state index in [9.17, 15) is 9.59 Å². The first-order valence-corrected chi connectivity index (χ1v) is 11.6. The average Bonchev–Trinajstić information content (AvgIpc) is 3.03. The highest BCUT2D eigenvalue weighted by Crippen LogP contribution is 2.59. The molecule has 162 valence electrons. The van der Waals surface area contributed by atoms with Gasteiger partial charge in [0.25, 0.3) is 0 Å². The molecule has 3 fully saturated rings. The number of benzene rings is 1. The van der Waals surface area contributed by atoms with Crippen LogP contribution < -0.4 is 4.74 Å². The van der Waals surface area contributed by atoms with Crippen LogP contribution in [0.3, 0.4) is 0 Å². The van der Waals surface area contributed by atoms with Gasteiger partial charge >= 0.3 is 6.09 Å². The monoisotopic (exact) mass is 411 g/mol. The van der Waals surface area contributed by atoms with Crippen molar-refractivity contribution >= 4 is 11.9 Å². The van der Waals surface area contributed by atoms with Gasteiger partial charge in [-0.25, -0.2) is 4.79 Å². The maximum Gasteiger partial charge on any atom is 0.415 e. The maximum absolute atomic E-state index is 12.7. The Morgan fingerprint density at radius 3 is 2.87 bits per heavy atom. The highest BCUT2D eigenvalue weighted by molar-refractivity contribution is 5.87. The van der Waals surface area contributed by atoms with E-state index in [1.54, 1.807) is 4.90 Å². The van der Waals surface area contributed by atoms with Gasteiger partial charge in [-0.1, -0.05) is 13.0 Å². The topological polar surface area (TPSA) is 55.8 Å². The van der Waals surface area contributed by atoms with Gasteiger partial charge in [-0.2, -0.15) is 0 Å². The minimum Gasteiger partial charge on any atom is -0.410 e. The number of carbonyl (C=O) groups excluding carboxylic acids is 2. The normalized spacial score (nSPS) is 35.4. The SMILES string of the molecule is Cc1cc2c(cc1OC(=O)N1CCOC(C)C1)CCC1C2CCC2(C)C(=O)CCC12. The molecule has 1 aromatic rings. The summed E-state index contributed by atoms with van der Waals surface area (Å²) in [5.74, 6) is 2.88. The largest absolute Gasteiger partial charge is 0.415 e. The van der Waals surface area contributed by atoms with Crippen molar-refractivity contribution in [1.29, 1.82) is 0 Å². The number of amides is 1. The van der Waals surface area contributed by atoms with E-state index in [4.69, 9.17) is 9.47 Å². The predicted octanol–water partition coefficient (Wildman–Crippen LogP) is 4.64. The van der Waals surface area contributed by atoms with Crippen molar-refractivity contribution in [2.75, 3.05) is 19.7 Å². The van der Waals surface area contributed by atoms with E-state index in [0.29, 0.717) is 49.0 Å². The lowest BCUT2D eigenvalue weighted by Crippen LogP contribution is -2.45. The van der Waals surface area contributed by atoms with Crippen molar-refractivity contribution in [3.8, 4) is 5.75 Å². The van der Waals surface area contributed by atoms with Crippen LogP contribution in [-0.2, 0) is 16.0 Å². The van der Waals surface area contributed by atoms with Gasteiger partial charge in [0.15, 0.2) is 0 Å². The first kappa shape index (κ1) is 20.0. The number of ketones is 1. The summed E-state index contributed by atoms with van der Waals surface area (Å²) >= 11 is 0. The van der Waals surface area contributed by atoms with Crippen LogP contribution in [0.4, 0.5) is 4.79 Å². The Bertz CT molecular complexity index is 880. The molecule has 1 aliphatic heterocycles. The van der Waals surface area contributed by atoms with Gasteiger partial charge in [-0.3, -0.25) is 4.79 Å². The number of Topliss-reactive ketones (excluding diaryl/α,β-unsaturated/α-hetero) is 1. The maximum atomic E-state index is 12.7. The molecule has 2 saturated carbocycles. The first-order valence-electron chi connectivity index (χ1n) is 11.6. The van der Waals surface area contributed by atoms with E-state index in [1.807, 2.05) is 13.8 Å². The zero-order chi connectivity index (χ0) is 21.0. The second kappa shape index (κ2) is 7.37. The standard InChI is InChI=1S/C25H33NO4/c1-15-12-20-17(13-22(15)30-24(28)26-10-11-29-16(2)14-26)4-5-19-18(20)8-9-25(3)21(19)6-7-23(25)27/h12-13,16,18-19,21H,4-11,14H2,1-3H3. The van der Waals surface area contributed by atoms with Crippen LogP contribution >= 0.6 is 0 Å². The zero-order valence-corrected chi connectivity index (χ0v) is 18.4. The van der Waals surface area contributed by atoms with Gasteiger partial charge in [0.05, 0.1) is 19.3 Å². The number of rotatable bonds is 1. The number of nitrogens with zero attached hydrogens (tertiary/aromatic N) is 1. The van der Waals surface area contributed by atoms with Crippen molar-refractivity contribution in [2.45, 2.75) is 71.3 Å². The Morgan fingerprint density at radius 1 is 1.23 bits per heavy atom. The highest BCUT2D eigenvalue weighted by atomic mass is 16.6. The molecule has 30 heavy (non-hydrogen) atoms. The van der Waals surface area contributed by atoms with Crippen molar-refractivity contribution in [2.24, 2.45) is 17.3 Å². The molecule has 5 heteroatoms. The molecule has 0 spiro atoms. The summed E-state index contributed by atoms with van der Waals surface area (Å²) in [5.41, 5.74) is 3.70. The third-order valence-corrected chi connectivity index (χ3v) is 8.43. The van der Waals surface area contributed by atoms with E-state index in [-0.39, 0.29) is 17.6 Å². The van der Waals surface area contributed by atoms with Crippen LogP contribution in [0.2, 0.25) is 0 Å². The first-order chi connectivity index (χ1) is 14.4. The van der Waals surface area contributed by atoms with E-state index < -0.39 is 0 Å². The van der Waals surface area contributed by atoms with Gasteiger partial charge in [0, 0.05) is 18.4 Å². The Balaban J connectivity index is 1.37. The average molecular weight is 412 g/mol. The minimum atomic E-state index is -0.278. The molecule has 5 atom stereocenters. The van der Waals surface area contributed by atoms with E-state index >= 15 is 0 Å². The molecule has 0 bridgehead atoms. The molecule has 1 heterocycles. The number of ether oxygens (including phenoxy) is 2. The lowest BCUT2D eigenvalue weighted by Gasteiger charge is -2.48. The fraction of sp³-hybridized carbons (Fsp3) is 0.680. The summed E-state index contributed by atoms with van der Waals surface area (Å²) in [5, 5.41) is 0. The number of carbonyl (C=O) groups is 2. The summed E-state index contributed by atoms with van der Waals surface area (Å²) in [6, 6.07) is 4.37. The van der Waals surface area contributed by atoms with Gasteiger partial charge in [0.2, 0.25) is 0 Å². The van der Waals surface area contributed by atoms with Crippen molar-refractivity contribution in [3.63, 3.8) is 0 Å². The Kier molecular flexibility index (Phi) is 4.92. The lowest BCUT2D eigenvalue weighted by atomic mass is 9.55. The fourth-order valence-electron chi connectivity index (χ4n) is 6.74. The number of morpholine rings is 1. The van der Waals surface area contributed by atoms with Gasteiger partial charge in [-0.15, -0.1) is 0 Å². The molecular formula is C25H33NO4. The molecule has 0 radical (unpaired) electrons. The predicted molar refractivity (Wildman–Crippen MR) is 114 cm³/mol. The van der Waals surface area contributed by atoms with Crippen molar-refractivity contribution < 1.29 is 19.1 Å². The molecule has 1 amide bonds. The lowest BCUT2D eigenvalue weighted by molar-refractivity contribution is -0.129. The molecule has 5 nitrogen and oxygen atoms in total. The smallest absolute Gasteiger partial charge is 0.410 e. The highest BCUT2D eigenvalue weighted by Gasteiger charge is 2.54. The minimum absolute atomic E-state index is 0.0484. The van der Waals surface area contributed by atoms with Gasteiger partial charge in [-0.05, 0) is 86.5 Å². The van der Waals surface area contributed by atoms with Crippen LogP contribution in [0.15, 0.2) is 12.1 Å². The summed E-state index contributed by atoms with van der Waals surface area (Å²) in [7, 11) is 0. The Morgan fingerprint density at radius 2 is 2.07 bits per heavy atom. The van der Waals surface area contributed by atoms with Gasteiger partial charge < -0.3 is 14.4 Å². The van der Waals surface area contributed by atoms with Crippen LogP contribution in [0.5, 0.6) is 5.75 Å². The molecular weight excluding hydrogens is 378 g/mol. The summed E-state index contributed by atoms with van der Waals surface area (Å²) < 4.78 is 11.4. The third kappa shape index (κ3) is 3.17. The summed E-state index contributed by atoms with van der Waals surface area (Å²) in [4.78, 5) is 26.9. The summed E-state index contributed by atoms with van der Waals surface area (Å²) in [6.45, 7) is 7.96. The molecule has 0 aromatic heterocycles. The van der Waals surface area contributed by atoms with Gasteiger partial charge in [0.1, 0.15) is 11.5 Å². The quantitative estimate of drug-likeness (QED) is 0.676. The van der Waals surface area contributed by atoms with Crippen LogP contribution in [0.25, 0.3) is 0 Å². The number of hydrogen-bond acceptors (Lipinski definition) is 4. The van der Waals surface area contributed by atoms with E-state index in [0.717, 1.165) is 44.1 Å². The summed E-state index contributed by atoms with van der Waals surface area (Å²) in [6.07, 6.45) is 5.87. The molecule has 5 unspecified atom stereocenters. The van der Waals surface area contributed by atoms with E-state index in [2.05, 4.69) is 19.1 Å². The fourth-order valence-corrected chi connectivity index (χ4v) is 6.74. The molecule has 4 aliphatic rings. The van der Waals surface area contributed by atoms with Crippen LogP contribution in [0, 0.1) is 24.2 Å². The van der Waals surface area contributed by atoms with E-state index in [1.165, 1.54) is 11.1 Å². The second-order valence-electron chi connectivity index (χ2n) is 10.1. The Labute approximate surface area is 179 Å². The number of aryl methyl sites for hydroxylation is 2. The Hall–Kier alpha value is -1.88. The third-order valence-electron chi connectivity index (χ3n) is 8.43. The van der Waals surface area contributed by atoms with Crippen LogP contribution in [-0.4, -0.2) is 42.6 Å². The molecule has 1 aromatic carbocycles. The number of hydrogen-bond donors (Lipinski definition) is 0. The molecule has 5 rings (SSSR count). The molecule has 1 saturated heterocycles. The molecule has 0 N–H and O–H groups in total. The van der Waals surface area contributed by atoms with Crippen molar-refractivity contribution in [3.05, 3.63) is 28.8 Å². The van der Waals surface area contributed by atoms with Crippen LogP contribution in [0.1, 0.15) is 68.6 Å². The zero-order valence-electron chi connectivity index (χ0n) is 18.4. The molecule has 3 aliphatic carbocycles. The number of fused-ring (bicyclic) bond motifs is 5. The van der Waals surface area contributed by atoms with Crippen molar-refractivity contribution in [1.82, 2.24) is 4.90 Å². The second-order valence-corrected chi connectivity index (χ2v) is 10.1.